The van der Waals surface area contributed by atoms with Crippen LogP contribution in [0.5, 0.6) is 0 Å². The van der Waals surface area contributed by atoms with Gasteiger partial charge in [0.15, 0.2) is 6.79 Å². The fraction of sp³-hybridized carbons (Fsp3) is 1.00. The van der Waals surface area contributed by atoms with Crippen LogP contribution in [0.25, 0.3) is 0 Å². The summed E-state index contributed by atoms with van der Waals surface area (Å²) in [6, 6.07) is 0. The van der Waals surface area contributed by atoms with E-state index in [1.807, 2.05) is 0 Å². The zero-order valence-corrected chi connectivity index (χ0v) is 4.86. The average molecular weight is 144 g/mol. The van der Waals surface area contributed by atoms with E-state index in [1.165, 1.54) is 0 Å². The van der Waals surface area contributed by atoms with E-state index in [0.717, 1.165) is 0 Å². The van der Waals surface area contributed by atoms with Gasteiger partial charge in [-0.25, -0.2) is 0 Å². The second-order valence-corrected chi connectivity index (χ2v) is 1.20. The minimum Gasteiger partial charge on any atom is -0.355 e. The summed E-state index contributed by atoms with van der Waals surface area (Å²) < 4.78 is 40.7. The Morgan fingerprint density at radius 3 is 2.22 bits per heavy atom. The first kappa shape index (κ1) is 8.71. The van der Waals surface area contributed by atoms with Crippen molar-refractivity contribution in [2.75, 3.05) is 13.4 Å². The number of alkyl halides is 3. The molecule has 0 saturated carbocycles. The molecule has 0 spiro atoms. The molecule has 0 saturated heterocycles. The highest BCUT2D eigenvalue weighted by atomic mass is 19.4. The standard InChI is InChI=1S/C4H7F3O2/c1-2-8-3-9-4(5,6)7/h2-3H2,1H3. The average Bonchev–Trinajstić information content (AvgIpc) is 1.63. The summed E-state index contributed by atoms with van der Waals surface area (Å²) >= 11 is 0. The van der Waals surface area contributed by atoms with Gasteiger partial charge in [-0.1, -0.05) is 0 Å². The van der Waals surface area contributed by atoms with Crippen LogP contribution in [-0.4, -0.2) is 19.8 Å². The summed E-state index contributed by atoms with van der Waals surface area (Å²) in [5.41, 5.74) is 0. The van der Waals surface area contributed by atoms with E-state index in [2.05, 4.69) is 9.47 Å². The maximum absolute atomic E-state index is 11.1. The Kier molecular flexibility index (Phi) is 3.56. The molecule has 0 unspecified atom stereocenters. The van der Waals surface area contributed by atoms with E-state index >= 15 is 0 Å². The normalized spacial score (nSPS) is 12.0. The number of ether oxygens (including phenoxy) is 2. The van der Waals surface area contributed by atoms with Gasteiger partial charge < -0.3 is 4.74 Å². The van der Waals surface area contributed by atoms with Crippen LogP contribution in [0.15, 0.2) is 0 Å². The fourth-order valence-electron chi connectivity index (χ4n) is 0.192. The molecule has 0 aliphatic carbocycles. The molecule has 0 atom stereocenters. The second kappa shape index (κ2) is 3.68. The smallest absolute Gasteiger partial charge is 0.355 e. The van der Waals surface area contributed by atoms with E-state index in [4.69, 9.17) is 0 Å². The van der Waals surface area contributed by atoms with E-state index in [0.29, 0.717) is 0 Å². The van der Waals surface area contributed by atoms with Crippen LogP contribution in [0, 0.1) is 0 Å². The Hall–Kier alpha value is -0.290. The van der Waals surface area contributed by atoms with Crippen LogP contribution in [-0.2, 0) is 9.47 Å². The third-order valence-corrected chi connectivity index (χ3v) is 0.510. The van der Waals surface area contributed by atoms with Crippen molar-refractivity contribution in [1.29, 1.82) is 0 Å². The topological polar surface area (TPSA) is 18.5 Å². The van der Waals surface area contributed by atoms with E-state index in [1.54, 1.807) is 6.92 Å². The first-order valence-corrected chi connectivity index (χ1v) is 2.34. The van der Waals surface area contributed by atoms with Gasteiger partial charge in [0.1, 0.15) is 0 Å². The zero-order valence-electron chi connectivity index (χ0n) is 4.86. The number of hydrogen-bond donors (Lipinski definition) is 0. The Bertz CT molecular complexity index is 70.7. The summed E-state index contributed by atoms with van der Waals surface area (Å²) in [7, 11) is 0. The predicted octanol–water partition coefficient (Wildman–Crippen LogP) is 1.52. The van der Waals surface area contributed by atoms with Gasteiger partial charge >= 0.3 is 6.36 Å². The molecule has 0 N–H and O–H groups in total. The molecule has 9 heavy (non-hydrogen) atoms. The van der Waals surface area contributed by atoms with Gasteiger partial charge in [-0.15, -0.1) is 13.2 Å². The van der Waals surface area contributed by atoms with Gasteiger partial charge in [0.05, 0.1) is 0 Å². The minimum absolute atomic E-state index is 0.218. The molecule has 0 aliphatic rings. The summed E-state index contributed by atoms with van der Waals surface area (Å²) in [4.78, 5) is 0. The Labute approximate surface area is 50.6 Å². The molecule has 0 aromatic rings. The maximum atomic E-state index is 11.1. The van der Waals surface area contributed by atoms with Gasteiger partial charge in [-0.3, -0.25) is 4.74 Å². The van der Waals surface area contributed by atoms with Gasteiger partial charge in [0.25, 0.3) is 0 Å². The highest BCUT2D eigenvalue weighted by Gasteiger charge is 2.28. The van der Waals surface area contributed by atoms with Crippen molar-refractivity contribution >= 4 is 0 Å². The molecule has 0 aliphatic heterocycles. The number of halogens is 3. The summed E-state index contributed by atoms with van der Waals surface area (Å²) in [6.07, 6.45) is -4.57. The lowest BCUT2D eigenvalue weighted by atomic mass is 10.9. The van der Waals surface area contributed by atoms with E-state index < -0.39 is 13.2 Å². The lowest BCUT2D eigenvalue weighted by molar-refractivity contribution is -0.349. The number of rotatable bonds is 3. The Morgan fingerprint density at radius 2 is 1.89 bits per heavy atom. The summed E-state index contributed by atoms with van der Waals surface area (Å²) in [5, 5.41) is 0. The van der Waals surface area contributed by atoms with Crippen LogP contribution in [0.2, 0.25) is 0 Å². The third-order valence-electron chi connectivity index (χ3n) is 0.510. The van der Waals surface area contributed by atoms with Crippen molar-refractivity contribution in [1.82, 2.24) is 0 Å². The van der Waals surface area contributed by atoms with Crippen molar-refractivity contribution in [2.45, 2.75) is 13.3 Å². The Balaban J connectivity index is 3.07. The van der Waals surface area contributed by atoms with Crippen LogP contribution in [0.4, 0.5) is 13.2 Å². The van der Waals surface area contributed by atoms with Crippen molar-refractivity contribution in [3.63, 3.8) is 0 Å². The fourth-order valence-corrected chi connectivity index (χ4v) is 0.192. The number of hydrogen-bond acceptors (Lipinski definition) is 2. The highest BCUT2D eigenvalue weighted by molar-refractivity contribution is 4.20. The van der Waals surface area contributed by atoms with E-state index in [9.17, 15) is 13.2 Å². The molecule has 0 heterocycles. The molecule has 0 aromatic heterocycles. The monoisotopic (exact) mass is 144 g/mol. The molecule has 0 rings (SSSR count). The Morgan fingerprint density at radius 1 is 1.33 bits per heavy atom. The SMILES string of the molecule is CCOCOC(F)(F)F. The van der Waals surface area contributed by atoms with Crippen molar-refractivity contribution < 1.29 is 22.6 Å². The molecule has 56 valence electrons. The zero-order chi connectivity index (χ0) is 7.33. The quantitative estimate of drug-likeness (QED) is 0.441. The van der Waals surface area contributed by atoms with Gasteiger partial charge in [-0.2, -0.15) is 0 Å². The van der Waals surface area contributed by atoms with Crippen LogP contribution >= 0.6 is 0 Å². The highest BCUT2D eigenvalue weighted by Crippen LogP contribution is 2.15. The van der Waals surface area contributed by atoms with Crippen LogP contribution in [0.1, 0.15) is 6.92 Å². The molecule has 0 amide bonds. The minimum atomic E-state index is -4.57. The molecule has 5 heteroatoms. The third kappa shape index (κ3) is 7.71. The molecule has 2 nitrogen and oxygen atoms in total. The largest absolute Gasteiger partial charge is 0.524 e. The molecular weight excluding hydrogens is 137 g/mol. The lowest BCUT2D eigenvalue weighted by Crippen LogP contribution is -2.15. The van der Waals surface area contributed by atoms with Crippen molar-refractivity contribution in [3.8, 4) is 0 Å². The maximum Gasteiger partial charge on any atom is 0.524 e. The van der Waals surface area contributed by atoms with Gasteiger partial charge in [0.2, 0.25) is 0 Å². The molecule has 0 aromatic carbocycles. The van der Waals surface area contributed by atoms with Gasteiger partial charge in [-0.05, 0) is 6.92 Å². The summed E-state index contributed by atoms with van der Waals surface area (Å²) in [5.74, 6) is 0. The predicted molar refractivity (Wildman–Crippen MR) is 23.6 cm³/mol. The molecule has 0 bridgehead atoms. The lowest BCUT2D eigenvalue weighted by Gasteiger charge is -2.05. The first-order valence-electron chi connectivity index (χ1n) is 2.34. The van der Waals surface area contributed by atoms with Crippen molar-refractivity contribution in [2.24, 2.45) is 0 Å². The molecule has 0 radical (unpaired) electrons. The first-order chi connectivity index (χ1) is 4.06. The van der Waals surface area contributed by atoms with E-state index in [-0.39, 0.29) is 6.61 Å². The summed E-state index contributed by atoms with van der Waals surface area (Å²) in [6.45, 7) is 1.08. The van der Waals surface area contributed by atoms with Crippen molar-refractivity contribution in [3.05, 3.63) is 0 Å². The van der Waals surface area contributed by atoms with Gasteiger partial charge in [0, 0.05) is 6.61 Å². The van der Waals surface area contributed by atoms with Crippen LogP contribution < -0.4 is 0 Å². The van der Waals surface area contributed by atoms with Crippen LogP contribution in [0.3, 0.4) is 0 Å². The second-order valence-electron chi connectivity index (χ2n) is 1.20. The molecule has 0 fully saturated rings. The molecular formula is C4H7F3O2.